The minimum atomic E-state index is 0.171. The van der Waals surface area contributed by atoms with Crippen LogP contribution in [0.15, 0.2) is 0 Å². The second-order valence-corrected chi connectivity index (χ2v) is 3.76. The maximum absolute atomic E-state index is 5.63. The highest BCUT2D eigenvalue weighted by Crippen LogP contribution is 2.19. The molecule has 4 N–H and O–H groups in total. The molecule has 1 unspecified atom stereocenters. The summed E-state index contributed by atoms with van der Waals surface area (Å²) in [6.45, 7) is 7.10. The highest BCUT2D eigenvalue weighted by atomic mass is 14.7. The maximum atomic E-state index is 5.63. The molecule has 0 heterocycles. The lowest BCUT2D eigenvalue weighted by atomic mass is 9.88. The van der Waals surface area contributed by atoms with Crippen LogP contribution in [0.25, 0.3) is 0 Å². The van der Waals surface area contributed by atoms with Crippen LogP contribution in [0.5, 0.6) is 0 Å². The Morgan fingerprint density at radius 2 is 1.78 bits per heavy atom. The monoisotopic (exact) mass is 130 g/mol. The van der Waals surface area contributed by atoms with Crippen molar-refractivity contribution in [3.8, 4) is 0 Å². The molecule has 56 valence electrons. The molecule has 0 aromatic rings. The molecule has 0 amide bonds. The Morgan fingerprint density at radius 1 is 1.33 bits per heavy atom. The molecule has 0 bridgehead atoms. The van der Waals surface area contributed by atoms with E-state index in [0.717, 1.165) is 6.42 Å². The van der Waals surface area contributed by atoms with Crippen molar-refractivity contribution in [3.05, 3.63) is 0 Å². The van der Waals surface area contributed by atoms with Crippen LogP contribution in [0.1, 0.15) is 27.2 Å². The van der Waals surface area contributed by atoms with Gasteiger partial charge in [-0.3, -0.25) is 0 Å². The van der Waals surface area contributed by atoms with Crippen LogP contribution < -0.4 is 11.5 Å². The van der Waals surface area contributed by atoms with Crippen LogP contribution >= 0.6 is 0 Å². The first-order valence-corrected chi connectivity index (χ1v) is 3.41. The standard InChI is InChI=1S/C7H18N2/c1-7(2,3)4-6(9)5-8/h6H,4-5,8-9H2,1-3H3. The second kappa shape index (κ2) is 3.18. The third-order valence-electron chi connectivity index (χ3n) is 1.18. The quantitative estimate of drug-likeness (QED) is 0.578. The van der Waals surface area contributed by atoms with E-state index in [9.17, 15) is 0 Å². The summed E-state index contributed by atoms with van der Waals surface area (Å²) in [6.07, 6.45) is 1.00. The molecule has 0 aliphatic rings. The summed E-state index contributed by atoms with van der Waals surface area (Å²) in [4.78, 5) is 0. The Bertz CT molecular complexity index is 73.5. The van der Waals surface area contributed by atoms with Crippen molar-refractivity contribution in [2.24, 2.45) is 16.9 Å². The Kier molecular flexibility index (Phi) is 3.15. The second-order valence-electron chi connectivity index (χ2n) is 3.76. The lowest BCUT2D eigenvalue weighted by molar-refractivity contribution is 0.342. The summed E-state index contributed by atoms with van der Waals surface area (Å²) in [5.74, 6) is 0. The zero-order valence-electron chi connectivity index (χ0n) is 6.65. The fourth-order valence-corrected chi connectivity index (χ4v) is 0.870. The van der Waals surface area contributed by atoms with E-state index in [1.807, 2.05) is 0 Å². The van der Waals surface area contributed by atoms with Crippen molar-refractivity contribution in [2.75, 3.05) is 6.54 Å². The predicted molar refractivity (Wildman–Crippen MR) is 41.1 cm³/mol. The minimum Gasteiger partial charge on any atom is -0.329 e. The van der Waals surface area contributed by atoms with Crippen molar-refractivity contribution in [2.45, 2.75) is 33.2 Å². The highest BCUT2D eigenvalue weighted by molar-refractivity contribution is 4.71. The summed E-state index contributed by atoms with van der Waals surface area (Å²) in [5.41, 5.74) is 11.3. The van der Waals surface area contributed by atoms with E-state index in [1.165, 1.54) is 0 Å². The van der Waals surface area contributed by atoms with E-state index in [1.54, 1.807) is 0 Å². The van der Waals surface area contributed by atoms with E-state index in [-0.39, 0.29) is 6.04 Å². The summed E-state index contributed by atoms with van der Waals surface area (Å²) in [7, 11) is 0. The third-order valence-corrected chi connectivity index (χ3v) is 1.18. The summed E-state index contributed by atoms with van der Waals surface area (Å²) in [5, 5.41) is 0. The largest absolute Gasteiger partial charge is 0.329 e. The Morgan fingerprint density at radius 3 is 1.89 bits per heavy atom. The number of hydrogen-bond donors (Lipinski definition) is 2. The van der Waals surface area contributed by atoms with Crippen molar-refractivity contribution in [1.82, 2.24) is 0 Å². The van der Waals surface area contributed by atoms with Gasteiger partial charge in [0.05, 0.1) is 0 Å². The molecule has 2 heteroatoms. The average Bonchev–Trinajstić information content (AvgIpc) is 1.62. The molecular weight excluding hydrogens is 112 g/mol. The van der Waals surface area contributed by atoms with Gasteiger partial charge in [-0.2, -0.15) is 0 Å². The summed E-state index contributed by atoms with van der Waals surface area (Å²) >= 11 is 0. The molecule has 0 rings (SSSR count). The maximum Gasteiger partial charge on any atom is 0.0168 e. The highest BCUT2D eigenvalue weighted by Gasteiger charge is 2.13. The first kappa shape index (κ1) is 8.92. The SMILES string of the molecule is CC(C)(C)CC(N)CN. The van der Waals surface area contributed by atoms with Crippen LogP contribution in [-0.2, 0) is 0 Å². The molecule has 1 atom stereocenters. The molecular formula is C7H18N2. The van der Waals surface area contributed by atoms with Gasteiger partial charge in [0, 0.05) is 12.6 Å². The molecule has 0 aromatic carbocycles. The lowest BCUT2D eigenvalue weighted by Crippen LogP contribution is -2.33. The Balaban J connectivity index is 3.47. The summed E-state index contributed by atoms with van der Waals surface area (Å²) in [6, 6.07) is 0.171. The number of nitrogens with two attached hydrogens (primary N) is 2. The number of rotatable bonds is 2. The average molecular weight is 130 g/mol. The smallest absolute Gasteiger partial charge is 0.0168 e. The van der Waals surface area contributed by atoms with Gasteiger partial charge in [0.1, 0.15) is 0 Å². The minimum absolute atomic E-state index is 0.171. The van der Waals surface area contributed by atoms with Crippen LogP contribution in [0.4, 0.5) is 0 Å². The normalized spacial score (nSPS) is 15.7. The van der Waals surface area contributed by atoms with E-state index in [4.69, 9.17) is 11.5 Å². The van der Waals surface area contributed by atoms with Crippen LogP contribution in [0, 0.1) is 5.41 Å². The molecule has 0 aliphatic heterocycles. The molecule has 0 aromatic heterocycles. The molecule has 0 saturated carbocycles. The van der Waals surface area contributed by atoms with Gasteiger partial charge in [-0.15, -0.1) is 0 Å². The van der Waals surface area contributed by atoms with Crippen LogP contribution in [-0.4, -0.2) is 12.6 Å². The van der Waals surface area contributed by atoms with Crippen molar-refractivity contribution < 1.29 is 0 Å². The van der Waals surface area contributed by atoms with Gasteiger partial charge in [0.2, 0.25) is 0 Å². The van der Waals surface area contributed by atoms with E-state index >= 15 is 0 Å². The van der Waals surface area contributed by atoms with Crippen LogP contribution in [0.2, 0.25) is 0 Å². The van der Waals surface area contributed by atoms with E-state index in [0.29, 0.717) is 12.0 Å². The molecule has 2 nitrogen and oxygen atoms in total. The molecule has 0 fully saturated rings. The third kappa shape index (κ3) is 5.80. The van der Waals surface area contributed by atoms with Gasteiger partial charge in [-0.25, -0.2) is 0 Å². The lowest BCUT2D eigenvalue weighted by Gasteiger charge is -2.21. The van der Waals surface area contributed by atoms with E-state index in [2.05, 4.69) is 20.8 Å². The first-order chi connectivity index (χ1) is 3.95. The Hall–Kier alpha value is -0.0800. The molecule has 0 aliphatic carbocycles. The summed E-state index contributed by atoms with van der Waals surface area (Å²) < 4.78 is 0. The first-order valence-electron chi connectivity index (χ1n) is 3.41. The van der Waals surface area contributed by atoms with Gasteiger partial charge in [-0.05, 0) is 11.8 Å². The predicted octanol–water partition coefficient (Wildman–Crippen LogP) is 0.709. The van der Waals surface area contributed by atoms with Crippen molar-refractivity contribution >= 4 is 0 Å². The number of hydrogen-bond acceptors (Lipinski definition) is 2. The Labute approximate surface area is 57.6 Å². The fraction of sp³-hybridized carbons (Fsp3) is 1.00. The van der Waals surface area contributed by atoms with Gasteiger partial charge in [0.15, 0.2) is 0 Å². The molecule has 0 saturated heterocycles. The van der Waals surface area contributed by atoms with Crippen molar-refractivity contribution in [1.29, 1.82) is 0 Å². The molecule has 0 radical (unpaired) electrons. The molecule has 0 spiro atoms. The topological polar surface area (TPSA) is 52.0 Å². The van der Waals surface area contributed by atoms with Crippen LogP contribution in [0.3, 0.4) is 0 Å². The van der Waals surface area contributed by atoms with Gasteiger partial charge >= 0.3 is 0 Å². The zero-order chi connectivity index (χ0) is 7.49. The van der Waals surface area contributed by atoms with Gasteiger partial charge in [-0.1, -0.05) is 20.8 Å². The van der Waals surface area contributed by atoms with E-state index < -0.39 is 0 Å². The zero-order valence-corrected chi connectivity index (χ0v) is 6.65. The molecule has 9 heavy (non-hydrogen) atoms. The van der Waals surface area contributed by atoms with Gasteiger partial charge < -0.3 is 11.5 Å². The van der Waals surface area contributed by atoms with Crippen molar-refractivity contribution in [3.63, 3.8) is 0 Å². The fourth-order valence-electron chi connectivity index (χ4n) is 0.870. The van der Waals surface area contributed by atoms with Gasteiger partial charge in [0.25, 0.3) is 0 Å².